The van der Waals surface area contributed by atoms with E-state index in [0.717, 1.165) is 51.8 Å². The fourth-order valence-electron chi connectivity index (χ4n) is 3.83. The molecule has 1 saturated carbocycles. The van der Waals surface area contributed by atoms with Crippen LogP contribution in [0.5, 0.6) is 0 Å². The maximum absolute atomic E-state index is 10.6. The van der Waals surface area contributed by atoms with Crippen molar-refractivity contribution in [3.8, 4) is 0 Å². The van der Waals surface area contributed by atoms with Crippen LogP contribution in [0.4, 0.5) is 13.2 Å². The number of rotatable bonds is 7. The molecular formula is C20H27F3N2O4. The topological polar surface area (TPSA) is 71.9 Å². The Morgan fingerprint density at radius 1 is 1.34 bits per heavy atom. The van der Waals surface area contributed by atoms with Gasteiger partial charge in [-0.05, 0) is 42.7 Å². The number of carboxylic acids is 1. The zero-order valence-corrected chi connectivity index (χ0v) is 16.2. The predicted octanol–water partition coefficient (Wildman–Crippen LogP) is 2.98. The molecule has 0 unspecified atom stereocenters. The number of carboxylic acid groups (broad SMARTS) is 1. The molecule has 6 nitrogen and oxygen atoms in total. The summed E-state index contributed by atoms with van der Waals surface area (Å²) in [5, 5.41) is 7.12. The largest absolute Gasteiger partial charge is 0.490 e. The van der Waals surface area contributed by atoms with E-state index in [1.807, 2.05) is 18.5 Å². The quantitative estimate of drug-likeness (QED) is 0.689. The number of pyridine rings is 1. The number of alkyl halides is 3. The van der Waals surface area contributed by atoms with Crippen LogP contribution >= 0.6 is 0 Å². The second-order valence-corrected chi connectivity index (χ2v) is 7.96. The molecule has 3 aliphatic rings. The number of carbonyl (C=O) groups is 1. The van der Waals surface area contributed by atoms with E-state index in [-0.39, 0.29) is 0 Å². The van der Waals surface area contributed by atoms with E-state index in [1.54, 1.807) is 0 Å². The molecule has 9 heteroatoms. The molecule has 1 aliphatic carbocycles. The Bertz CT molecular complexity index is 655. The molecule has 162 valence electrons. The minimum atomic E-state index is -5.08. The summed E-state index contributed by atoms with van der Waals surface area (Å²) < 4.78 is 43.6. The van der Waals surface area contributed by atoms with Gasteiger partial charge in [0.05, 0.1) is 12.7 Å². The van der Waals surface area contributed by atoms with E-state index in [2.05, 4.69) is 16.0 Å². The number of fused-ring (bicyclic) bond motifs is 1. The third-order valence-corrected chi connectivity index (χ3v) is 5.57. The third-order valence-electron chi connectivity index (χ3n) is 5.57. The molecular weight excluding hydrogens is 389 g/mol. The average molecular weight is 416 g/mol. The summed E-state index contributed by atoms with van der Waals surface area (Å²) in [5.74, 6) is -0.508. The first-order valence-corrected chi connectivity index (χ1v) is 9.93. The number of aromatic nitrogens is 1. The first kappa shape index (κ1) is 22.0. The summed E-state index contributed by atoms with van der Waals surface area (Å²) in [6.45, 7) is 6.05. The van der Waals surface area contributed by atoms with E-state index in [9.17, 15) is 13.2 Å². The molecule has 3 atom stereocenters. The molecule has 0 aromatic carbocycles. The summed E-state index contributed by atoms with van der Waals surface area (Å²) in [5.41, 5.74) is 1.30. The molecule has 3 fully saturated rings. The Balaban J connectivity index is 0.000000298. The number of likely N-dealkylation sites (tertiary alicyclic amines) is 1. The fraction of sp³-hybridized carbons (Fsp3) is 0.700. The van der Waals surface area contributed by atoms with Crippen LogP contribution in [0, 0.1) is 17.8 Å². The van der Waals surface area contributed by atoms with E-state index < -0.39 is 12.1 Å². The van der Waals surface area contributed by atoms with E-state index in [1.165, 1.54) is 18.4 Å². The number of hydrogen-bond donors (Lipinski definition) is 1. The molecule has 0 bridgehead atoms. The van der Waals surface area contributed by atoms with Gasteiger partial charge in [0, 0.05) is 51.2 Å². The lowest BCUT2D eigenvalue weighted by molar-refractivity contribution is -0.192. The van der Waals surface area contributed by atoms with Crippen molar-refractivity contribution in [2.75, 3.05) is 32.9 Å². The van der Waals surface area contributed by atoms with Gasteiger partial charge in [-0.15, -0.1) is 0 Å². The molecule has 0 amide bonds. The highest BCUT2D eigenvalue weighted by molar-refractivity contribution is 5.73. The molecule has 29 heavy (non-hydrogen) atoms. The van der Waals surface area contributed by atoms with Gasteiger partial charge in [-0.1, -0.05) is 6.07 Å². The Labute approximate surface area is 168 Å². The second kappa shape index (κ2) is 9.86. The van der Waals surface area contributed by atoms with Crippen molar-refractivity contribution < 1.29 is 32.5 Å². The molecule has 3 heterocycles. The van der Waals surface area contributed by atoms with Crippen LogP contribution in [-0.4, -0.2) is 66.2 Å². The van der Waals surface area contributed by atoms with Crippen molar-refractivity contribution in [3.63, 3.8) is 0 Å². The van der Waals surface area contributed by atoms with Crippen LogP contribution in [0.15, 0.2) is 24.5 Å². The van der Waals surface area contributed by atoms with Crippen LogP contribution in [0.25, 0.3) is 0 Å². The van der Waals surface area contributed by atoms with Crippen molar-refractivity contribution in [3.05, 3.63) is 30.1 Å². The van der Waals surface area contributed by atoms with Gasteiger partial charge in [0.25, 0.3) is 0 Å². The second-order valence-electron chi connectivity index (χ2n) is 7.96. The van der Waals surface area contributed by atoms with Gasteiger partial charge in [0.1, 0.15) is 0 Å². The number of aliphatic carboxylic acids is 1. The Hall–Kier alpha value is -1.71. The normalized spacial score (nSPS) is 26.7. The highest BCUT2D eigenvalue weighted by Gasteiger charge is 2.43. The standard InChI is InChI=1S/C18H26N2O2.C2HF3O2/c1-2-15(8-19-6-1)9-20-10-17-16(13-22-18(17)11-20)5-7-21-12-14-3-4-14;3-2(4,5)1(6)7/h1-2,6,8,14,16-18H,3-5,7,9-13H2;(H,6,7)/t16-,17-,18-;/m0./s1. The smallest absolute Gasteiger partial charge is 0.475 e. The molecule has 4 rings (SSSR count). The lowest BCUT2D eigenvalue weighted by Crippen LogP contribution is -2.24. The summed E-state index contributed by atoms with van der Waals surface area (Å²) in [6.07, 6.45) is 3.07. The van der Waals surface area contributed by atoms with Crippen LogP contribution in [0.1, 0.15) is 24.8 Å². The maximum Gasteiger partial charge on any atom is 0.490 e. The summed E-state index contributed by atoms with van der Waals surface area (Å²) in [7, 11) is 0. The lowest BCUT2D eigenvalue weighted by Gasteiger charge is -2.19. The number of halogens is 3. The van der Waals surface area contributed by atoms with Gasteiger partial charge in [0.15, 0.2) is 0 Å². The molecule has 2 saturated heterocycles. The summed E-state index contributed by atoms with van der Waals surface area (Å²) >= 11 is 0. The van der Waals surface area contributed by atoms with Crippen molar-refractivity contribution in [1.29, 1.82) is 0 Å². The average Bonchev–Trinajstić information content (AvgIpc) is 3.30. The van der Waals surface area contributed by atoms with Crippen LogP contribution in [-0.2, 0) is 20.8 Å². The van der Waals surface area contributed by atoms with Crippen LogP contribution in [0.3, 0.4) is 0 Å². The van der Waals surface area contributed by atoms with Gasteiger partial charge in [-0.3, -0.25) is 9.88 Å². The fourth-order valence-corrected chi connectivity index (χ4v) is 3.83. The molecule has 0 radical (unpaired) electrons. The minimum Gasteiger partial charge on any atom is -0.475 e. The van der Waals surface area contributed by atoms with Crippen molar-refractivity contribution in [2.24, 2.45) is 17.8 Å². The van der Waals surface area contributed by atoms with Gasteiger partial charge in [-0.2, -0.15) is 13.2 Å². The Kier molecular flexibility index (Phi) is 7.48. The Morgan fingerprint density at radius 3 is 2.72 bits per heavy atom. The van der Waals surface area contributed by atoms with E-state index in [0.29, 0.717) is 17.9 Å². The van der Waals surface area contributed by atoms with Crippen molar-refractivity contribution >= 4 is 5.97 Å². The maximum atomic E-state index is 10.6. The van der Waals surface area contributed by atoms with E-state index in [4.69, 9.17) is 19.4 Å². The summed E-state index contributed by atoms with van der Waals surface area (Å²) in [6, 6.07) is 4.17. The summed E-state index contributed by atoms with van der Waals surface area (Å²) in [4.78, 5) is 15.6. The molecule has 0 spiro atoms. The molecule has 1 aromatic rings. The minimum absolute atomic E-state index is 0.435. The predicted molar refractivity (Wildman–Crippen MR) is 98.1 cm³/mol. The number of nitrogens with zero attached hydrogens (tertiary/aromatic N) is 2. The highest BCUT2D eigenvalue weighted by Crippen LogP contribution is 2.36. The lowest BCUT2D eigenvalue weighted by atomic mass is 9.91. The monoisotopic (exact) mass is 416 g/mol. The van der Waals surface area contributed by atoms with Crippen LogP contribution < -0.4 is 0 Å². The van der Waals surface area contributed by atoms with Gasteiger partial charge >= 0.3 is 12.1 Å². The first-order chi connectivity index (χ1) is 13.8. The molecule has 2 aliphatic heterocycles. The van der Waals surface area contributed by atoms with Gasteiger partial charge in [-0.25, -0.2) is 4.79 Å². The first-order valence-electron chi connectivity index (χ1n) is 9.93. The zero-order valence-electron chi connectivity index (χ0n) is 16.2. The van der Waals surface area contributed by atoms with Gasteiger partial charge in [0.2, 0.25) is 0 Å². The van der Waals surface area contributed by atoms with Crippen molar-refractivity contribution in [1.82, 2.24) is 9.88 Å². The number of hydrogen-bond acceptors (Lipinski definition) is 5. The van der Waals surface area contributed by atoms with E-state index >= 15 is 0 Å². The Morgan fingerprint density at radius 2 is 2.10 bits per heavy atom. The van der Waals surface area contributed by atoms with Crippen LogP contribution in [0.2, 0.25) is 0 Å². The number of ether oxygens (including phenoxy) is 2. The highest BCUT2D eigenvalue weighted by atomic mass is 19.4. The third kappa shape index (κ3) is 6.94. The SMILES string of the molecule is O=C(O)C(F)(F)F.c1cncc(CN2C[C@H]3[C@@H](CCOCC4CC4)CO[C@H]3C2)c1. The zero-order chi connectivity index (χ0) is 20.9. The van der Waals surface area contributed by atoms with Crippen molar-refractivity contribution in [2.45, 2.75) is 38.1 Å². The van der Waals surface area contributed by atoms with Gasteiger partial charge < -0.3 is 14.6 Å². The molecule has 1 N–H and O–H groups in total. The molecule has 1 aromatic heterocycles.